The molecule has 0 saturated carbocycles. The normalized spacial score (nSPS) is 10.9. The van der Waals surface area contributed by atoms with Gasteiger partial charge in [0, 0.05) is 26.2 Å². The number of nitrogens with zero attached hydrogens (tertiary/aromatic N) is 6. The Labute approximate surface area is 132 Å². The van der Waals surface area contributed by atoms with Crippen molar-refractivity contribution >= 4 is 16.9 Å². The highest BCUT2D eigenvalue weighted by atomic mass is 16.6. The first-order valence-electron chi connectivity index (χ1n) is 6.63. The Morgan fingerprint density at radius 1 is 1.08 bits per heavy atom. The van der Waals surface area contributed by atoms with Gasteiger partial charge in [-0.05, 0) is 17.2 Å². The van der Waals surface area contributed by atoms with Crippen molar-refractivity contribution < 1.29 is 9.65 Å². The van der Waals surface area contributed by atoms with E-state index in [4.69, 9.17) is 0 Å². The molecule has 24 heavy (non-hydrogen) atoms. The summed E-state index contributed by atoms with van der Waals surface area (Å²) in [4.78, 5) is 34.2. The average molecular weight is 330 g/mol. The molecule has 0 radical (unpaired) electrons. The zero-order chi connectivity index (χ0) is 17.6. The molecule has 0 aliphatic carbocycles. The fraction of sp³-hybridized carbons (Fsp3) is 0.154. The lowest BCUT2D eigenvalue weighted by molar-refractivity contribution is -0.569. The summed E-state index contributed by atoms with van der Waals surface area (Å²) in [6, 6.07) is 5.07. The zero-order valence-electron chi connectivity index (χ0n) is 12.5. The number of nitro benzene ring substituents is 1. The summed E-state index contributed by atoms with van der Waals surface area (Å²) >= 11 is 0. The van der Waals surface area contributed by atoms with E-state index in [1.165, 1.54) is 38.4 Å². The van der Waals surface area contributed by atoms with Crippen LogP contribution in [0.5, 0.6) is 0 Å². The highest BCUT2D eigenvalue weighted by Gasteiger charge is 2.22. The van der Waals surface area contributed by atoms with Gasteiger partial charge in [0.1, 0.15) is 0 Å². The molecule has 0 amide bonds. The van der Waals surface area contributed by atoms with Crippen molar-refractivity contribution in [1.29, 1.82) is 0 Å². The van der Waals surface area contributed by atoms with Crippen LogP contribution in [-0.4, -0.2) is 24.3 Å². The van der Waals surface area contributed by atoms with Crippen LogP contribution in [0.2, 0.25) is 0 Å². The highest BCUT2D eigenvalue weighted by Crippen LogP contribution is 2.18. The van der Waals surface area contributed by atoms with E-state index in [1.54, 1.807) is 0 Å². The van der Waals surface area contributed by atoms with Crippen LogP contribution >= 0.6 is 0 Å². The van der Waals surface area contributed by atoms with E-state index in [0.29, 0.717) is 0 Å². The number of hydrogen-bond donors (Lipinski definition) is 0. The quantitative estimate of drug-likeness (QED) is 0.260. The first kappa shape index (κ1) is 15.3. The molecular formula is C13H10N6O5. The third-order valence-electron chi connectivity index (χ3n) is 3.58. The minimum Gasteiger partial charge on any atom is -0.710 e. The maximum Gasteiger partial charge on any atom is 0.361 e. The second-order valence-corrected chi connectivity index (χ2v) is 5.00. The fourth-order valence-corrected chi connectivity index (χ4v) is 2.26. The molecule has 0 aliphatic heterocycles. The molecule has 11 nitrogen and oxygen atoms in total. The lowest BCUT2D eigenvalue weighted by Gasteiger charge is -2.10. The van der Waals surface area contributed by atoms with E-state index in [2.05, 4.69) is 10.2 Å². The van der Waals surface area contributed by atoms with E-state index < -0.39 is 16.2 Å². The summed E-state index contributed by atoms with van der Waals surface area (Å²) in [6.45, 7) is 0. The maximum atomic E-state index is 12.5. The van der Waals surface area contributed by atoms with Crippen LogP contribution in [0.25, 0.3) is 22.6 Å². The molecule has 3 rings (SSSR count). The van der Waals surface area contributed by atoms with Gasteiger partial charge >= 0.3 is 17.1 Å². The zero-order valence-corrected chi connectivity index (χ0v) is 12.5. The first-order chi connectivity index (χ1) is 11.3. The minimum absolute atomic E-state index is 0.149. The predicted octanol–water partition coefficient (Wildman–Crippen LogP) is -0.764. The van der Waals surface area contributed by atoms with Crippen molar-refractivity contribution in [3.05, 3.63) is 60.4 Å². The van der Waals surface area contributed by atoms with Crippen LogP contribution in [0.1, 0.15) is 0 Å². The van der Waals surface area contributed by atoms with Gasteiger partial charge < -0.3 is 5.21 Å². The van der Waals surface area contributed by atoms with Crippen LogP contribution in [-0.2, 0) is 14.1 Å². The molecular weight excluding hydrogens is 320 g/mol. The predicted molar refractivity (Wildman–Crippen MR) is 81.1 cm³/mol. The maximum absolute atomic E-state index is 12.5. The van der Waals surface area contributed by atoms with Crippen molar-refractivity contribution in [3.63, 3.8) is 0 Å². The summed E-state index contributed by atoms with van der Waals surface area (Å²) in [7, 11) is 2.61. The van der Waals surface area contributed by atoms with Crippen LogP contribution < -0.4 is 16.0 Å². The van der Waals surface area contributed by atoms with Gasteiger partial charge in [-0.15, -0.1) is 0 Å². The van der Waals surface area contributed by atoms with Crippen LogP contribution in [0.4, 0.5) is 5.69 Å². The van der Waals surface area contributed by atoms with Crippen molar-refractivity contribution in [1.82, 2.24) is 19.3 Å². The van der Waals surface area contributed by atoms with E-state index in [1.807, 2.05) is 0 Å². The highest BCUT2D eigenvalue weighted by molar-refractivity contribution is 5.66. The van der Waals surface area contributed by atoms with Crippen molar-refractivity contribution in [2.24, 2.45) is 14.1 Å². The van der Waals surface area contributed by atoms with Gasteiger partial charge in [-0.25, -0.2) is 9.52 Å². The minimum atomic E-state index is -0.804. The SMILES string of the molecule is Cn1c(=O)c2c(nnc(-c3ccc([N+](=O)[O-])cc3)[n+]2[O-])n(C)c1=O. The molecule has 0 N–H and O–H groups in total. The van der Waals surface area contributed by atoms with Crippen LogP contribution in [0, 0.1) is 15.3 Å². The number of hydrogen-bond acceptors (Lipinski definition) is 7. The topological polar surface area (TPSA) is 140 Å². The Morgan fingerprint density at radius 3 is 2.29 bits per heavy atom. The number of fused-ring (bicyclic) bond motifs is 1. The lowest BCUT2D eigenvalue weighted by atomic mass is 10.2. The summed E-state index contributed by atoms with van der Waals surface area (Å²) in [6.07, 6.45) is 0. The molecule has 2 aromatic heterocycles. The lowest BCUT2D eigenvalue weighted by Crippen LogP contribution is -2.45. The van der Waals surface area contributed by atoms with E-state index >= 15 is 0 Å². The van der Waals surface area contributed by atoms with E-state index in [9.17, 15) is 24.9 Å². The number of rotatable bonds is 2. The third-order valence-corrected chi connectivity index (χ3v) is 3.58. The standard InChI is InChI=1S/C13H10N6O5/c1-16-11-9(12(20)17(2)13(16)21)18(22)10(14-15-11)7-3-5-8(6-4-7)19(23)24/h3-6H,1-2H3. The van der Waals surface area contributed by atoms with Crippen LogP contribution in [0.3, 0.4) is 0 Å². The Balaban J connectivity index is 2.32. The number of aromatic nitrogens is 5. The first-order valence-corrected chi connectivity index (χ1v) is 6.63. The monoisotopic (exact) mass is 330 g/mol. The summed E-state index contributed by atoms with van der Waals surface area (Å²) in [5.41, 5.74) is -1.83. The molecule has 0 bridgehead atoms. The van der Waals surface area contributed by atoms with Crippen molar-refractivity contribution in [3.8, 4) is 11.4 Å². The van der Waals surface area contributed by atoms with Gasteiger partial charge in [0.2, 0.25) is 11.2 Å². The molecule has 11 heteroatoms. The molecule has 0 fully saturated rings. The van der Waals surface area contributed by atoms with Gasteiger partial charge in [-0.3, -0.25) is 24.0 Å². The molecule has 0 spiro atoms. The summed E-state index contributed by atoms with van der Waals surface area (Å²) in [5, 5.41) is 30.7. The summed E-state index contributed by atoms with van der Waals surface area (Å²) in [5.74, 6) is -0.201. The number of aryl methyl sites for hydroxylation is 1. The summed E-state index contributed by atoms with van der Waals surface area (Å²) < 4.78 is 2.10. The smallest absolute Gasteiger partial charge is 0.361 e. The van der Waals surface area contributed by atoms with Gasteiger partial charge in [-0.1, -0.05) is 0 Å². The largest absolute Gasteiger partial charge is 0.710 e. The molecule has 122 valence electrons. The molecule has 0 atom stereocenters. The Hall–Kier alpha value is -3.63. The van der Waals surface area contributed by atoms with Crippen molar-refractivity contribution in [2.75, 3.05) is 0 Å². The fourth-order valence-electron chi connectivity index (χ4n) is 2.26. The Kier molecular flexibility index (Phi) is 3.32. The molecule has 1 aromatic carbocycles. The average Bonchev–Trinajstić information content (AvgIpc) is 2.58. The van der Waals surface area contributed by atoms with Gasteiger partial charge in [0.15, 0.2) is 0 Å². The number of nitro groups is 1. The van der Waals surface area contributed by atoms with Gasteiger partial charge in [0.25, 0.3) is 5.69 Å². The molecule has 0 unspecified atom stereocenters. The van der Waals surface area contributed by atoms with Crippen molar-refractivity contribution in [2.45, 2.75) is 0 Å². The third kappa shape index (κ3) is 2.10. The molecule has 0 saturated heterocycles. The van der Waals surface area contributed by atoms with E-state index in [-0.39, 0.29) is 33.0 Å². The van der Waals surface area contributed by atoms with Crippen LogP contribution in [0.15, 0.2) is 33.9 Å². The Bertz CT molecular complexity index is 1100. The van der Waals surface area contributed by atoms with Gasteiger partial charge in [-0.2, -0.15) is 0 Å². The number of benzene rings is 1. The van der Waals surface area contributed by atoms with Gasteiger partial charge in [0.05, 0.1) is 15.6 Å². The molecule has 3 aromatic rings. The second-order valence-electron chi connectivity index (χ2n) is 5.00. The van der Waals surface area contributed by atoms with E-state index in [0.717, 1.165) is 9.13 Å². The number of non-ortho nitro benzene ring substituents is 1. The second kappa shape index (κ2) is 5.22. The molecule has 0 aliphatic rings. The molecule has 2 heterocycles. The Morgan fingerprint density at radius 2 is 1.71 bits per heavy atom.